The van der Waals surface area contributed by atoms with Crippen LogP contribution in [0.5, 0.6) is 11.6 Å². The number of alkyl halides is 3. The molecular weight excluding hydrogens is 463 g/mol. The Morgan fingerprint density at radius 3 is 2.55 bits per heavy atom. The standard InChI is InChI=1S/C21H19ClF3N5O3/c22-16-7-2-13(21(23,24)25)12-17(16)29-20(32)28-14-3-5-15(6-4-14)33-18-8-10-27-19(30-18)26-9-1-11-31/h2-8,10,12,31H,1,9,11H2,(H,26,27,30)(H2,28,29,32). The van der Waals surface area contributed by atoms with Crippen LogP contribution in [-0.2, 0) is 6.18 Å². The highest BCUT2D eigenvalue weighted by Crippen LogP contribution is 2.34. The first-order valence-corrected chi connectivity index (χ1v) is 10.0. The van der Waals surface area contributed by atoms with Gasteiger partial charge in [-0.15, -0.1) is 0 Å². The van der Waals surface area contributed by atoms with Crippen molar-refractivity contribution in [2.75, 3.05) is 29.1 Å². The molecule has 0 aliphatic heterocycles. The molecule has 12 heteroatoms. The van der Waals surface area contributed by atoms with Gasteiger partial charge >= 0.3 is 12.2 Å². The minimum Gasteiger partial charge on any atom is -0.439 e. The van der Waals surface area contributed by atoms with Crippen molar-refractivity contribution >= 4 is 35.0 Å². The molecule has 2 amide bonds. The summed E-state index contributed by atoms with van der Waals surface area (Å²) >= 11 is 5.89. The van der Waals surface area contributed by atoms with Crippen LogP contribution in [0.3, 0.4) is 0 Å². The Morgan fingerprint density at radius 2 is 1.85 bits per heavy atom. The second-order valence-corrected chi connectivity index (χ2v) is 7.03. The molecular formula is C21H19ClF3N5O3. The van der Waals surface area contributed by atoms with Gasteiger partial charge in [0.1, 0.15) is 5.75 Å². The number of ether oxygens (including phenoxy) is 1. The van der Waals surface area contributed by atoms with Gasteiger partial charge in [-0.1, -0.05) is 11.6 Å². The lowest BCUT2D eigenvalue weighted by atomic mass is 10.2. The third-order valence-electron chi connectivity index (χ3n) is 4.12. The molecule has 1 heterocycles. The summed E-state index contributed by atoms with van der Waals surface area (Å²) in [4.78, 5) is 20.4. The molecule has 33 heavy (non-hydrogen) atoms. The van der Waals surface area contributed by atoms with E-state index in [1.165, 1.54) is 6.20 Å². The van der Waals surface area contributed by atoms with Gasteiger partial charge < -0.3 is 25.8 Å². The Morgan fingerprint density at radius 1 is 1.09 bits per heavy atom. The normalized spacial score (nSPS) is 11.1. The molecule has 0 atom stereocenters. The van der Waals surface area contributed by atoms with E-state index in [4.69, 9.17) is 21.4 Å². The average Bonchev–Trinajstić information content (AvgIpc) is 2.76. The molecule has 0 saturated carbocycles. The maximum Gasteiger partial charge on any atom is 0.416 e. The first kappa shape index (κ1) is 24.1. The zero-order chi connectivity index (χ0) is 23.8. The van der Waals surface area contributed by atoms with Crippen LogP contribution in [0.2, 0.25) is 5.02 Å². The number of aliphatic hydroxyl groups excluding tert-OH is 1. The maximum absolute atomic E-state index is 12.9. The highest BCUT2D eigenvalue weighted by molar-refractivity contribution is 6.33. The van der Waals surface area contributed by atoms with Gasteiger partial charge in [0.15, 0.2) is 0 Å². The van der Waals surface area contributed by atoms with Crippen molar-refractivity contribution in [1.82, 2.24) is 9.97 Å². The molecule has 8 nitrogen and oxygen atoms in total. The molecule has 0 aliphatic carbocycles. The zero-order valence-corrected chi connectivity index (χ0v) is 17.7. The van der Waals surface area contributed by atoms with E-state index in [9.17, 15) is 18.0 Å². The van der Waals surface area contributed by atoms with E-state index in [1.807, 2.05) is 0 Å². The summed E-state index contributed by atoms with van der Waals surface area (Å²) < 4.78 is 44.2. The van der Waals surface area contributed by atoms with Crippen LogP contribution < -0.4 is 20.7 Å². The summed E-state index contributed by atoms with van der Waals surface area (Å²) in [5, 5.41) is 16.5. The van der Waals surface area contributed by atoms with Gasteiger partial charge in [0.25, 0.3) is 0 Å². The molecule has 2 aromatic carbocycles. The Labute approximate surface area is 191 Å². The third-order valence-corrected chi connectivity index (χ3v) is 4.45. The number of halogens is 4. The highest BCUT2D eigenvalue weighted by atomic mass is 35.5. The summed E-state index contributed by atoms with van der Waals surface area (Å²) in [6.07, 6.45) is -2.49. The van der Waals surface area contributed by atoms with E-state index in [0.29, 0.717) is 30.4 Å². The molecule has 0 aliphatic rings. The molecule has 0 fully saturated rings. The number of nitrogens with zero attached hydrogens (tertiary/aromatic N) is 2. The molecule has 0 saturated heterocycles. The van der Waals surface area contributed by atoms with E-state index >= 15 is 0 Å². The number of aromatic nitrogens is 2. The second-order valence-electron chi connectivity index (χ2n) is 6.62. The van der Waals surface area contributed by atoms with Gasteiger partial charge in [-0.05, 0) is 48.9 Å². The smallest absolute Gasteiger partial charge is 0.416 e. The summed E-state index contributed by atoms with van der Waals surface area (Å²) in [6.45, 7) is 0.558. The van der Waals surface area contributed by atoms with Gasteiger partial charge in [-0.25, -0.2) is 9.78 Å². The lowest BCUT2D eigenvalue weighted by Crippen LogP contribution is -2.20. The topological polar surface area (TPSA) is 108 Å². The van der Waals surface area contributed by atoms with Crippen molar-refractivity contribution in [3.63, 3.8) is 0 Å². The molecule has 0 unspecified atom stereocenters. The quantitative estimate of drug-likeness (QED) is 0.322. The van der Waals surface area contributed by atoms with Gasteiger partial charge in [0.2, 0.25) is 11.8 Å². The molecule has 3 rings (SSSR count). The molecule has 0 radical (unpaired) electrons. The van der Waals surface area contributed by atoms with Crippen molar-refractivity contribution < 1.29 is 27.8 Å². The number of carbonyl (C=O) groups is 1. The van der Waals surface area contributed by atoms with Crippen LogP contribution in [0.25, 0.3) is 0 Å². The lowest BCUT2D eigenvalue weighted by molar-refractivity contribution is -0.137. The van der Waals surface area contributed by atoms with Gasteiger partial charge in [-0.3, -0.25) is 0 Å². The predicted octanol–water partition coefficient (Wildman–Crippen LogP) is 5.38. The number of rotatable bonds is 8. The molecule has 1 aromatic heterocycles. The van der Waals surface area contributed by atoms with Crippen molar-refractivity contribution in [2.45, 2.75) is 12.6 Å². The van der Waals surface area contributed by atoms with Crippen LogP contribution in [0.15, 0.2) is 54.7 Å². The Kier molecular flexibility index (Phi) is 7.91. The number of nitrogens with one attached hydrogen (secondary N) is 3. The van der Waals surface area contributed by atoms with Crippen molar-refractivity contribution in [1.29, 1.82) is 0 Å². The minimum absolute atomic E-state index is 0.0306. The van der Waals surface area contributed by atoms with E-state index in [0.717, 1.165) is 18.2 Å². The van der Waals surface area contributed by atoms with Crippen LogP contribution in [-0.4, -0.2) is 34.3 Å². The number of urea groups is 1. The Bertz CT molecular complexity index is 1100. The van der Waals surface area contributed by atoms with Crippen molar-refractivity contribution in [3.05, 3.63) is 65.3 Å². The van der Waals surface area contributed by atoms with E-state index < -0.39 is 17.8 Å². The van der Waals surface area contributed by atoms with Crippen molar-refractivity contribution in [3.8, 4) is 11.6 Å². The van der Waals surface area contributed by atoms with E-state index in [1.54, 1.807) is 30.3 Å². The molecule has 0 spiro atoms. The average molecular weight is 482 g/mol. The van der Waals surface area contributed by atoms with Gasteiger partial charge in [-0.2, -0.15) is 18.2 Å². The zero-order valence-electron chi connectivity index (χ0n) is 17.0. The number of aliphatic hydroxyl groups is 1. The molecule has 0 bridgehead atoms. The van der Waals surface area contributed by atoms with E-state index in [-0.39, 0.29) is 23.2 Å². The monoisotopic (exact) mass is 481 g/mol. The van der Waals surface area contributed by atoms with Gasteiger partial charge in [0, 0.05) is 31.1 Å². The number of amides is 2. The predicted molar refractivity (Wildman–Crippen MR) is 118 cm³/mol. The number of hydrogen-bond acceptors (Lipinski definition) is 6. The number of benzene rings is 2. The summed E-state index contributed by atoms with van der Waals surface area (Å²) in [7, 11) is 0. The van der Waals surface area contributed by atoms with E-state index in [2.05, 4.69) is 25.9 Å². The summed E-state index contributed by atoms with van der Waals surface area (Å²) in [5.41, 5.74) is -0.728. The largest absolute Gasteiger partial charge is 0.439 e. The molecule has 3 aromatic rings. The van der Waals surface area contributed by atoms with Crippen LogP contribution >= 0.6 is 11.6 Å². The Balaban J connectivity index is 1.59. The fourth-order valence-electron chi connectivity index (χ4n) is 2.57. The summed E-state index contributed by atoms with van der Waals surface area (Å²) in [6, 6.07) is 9.70. The fourth-order valence-corrected chi connectivity index (χ4v) is 2.74. The molecule has 4 N–H and O–H groups in total. The summed E-state index contributed by atoms with van der Waals surface area (Å²) in [5.74, 6) is 1.07. The van der Waals surface area contributed by atoms with Crippen LogP contribution in [0.1, 0.15) is 12.0 Å². The first-order valence-electron chi connectivity index (χ1n) is 9.65. The first-order chi connectivity index (χ1) is 15.7. The van der Waals surface area contributed by atoms with Crippen LogP contribution in [0, 0.1) is 0 Å². The van der Waals surface area contributed by atoms with Gasteiger partial charge in [0.05, 0.1) is 16.3 Å². The molecule has 174 valence electrons. The van der Waals surface area contributed by atoms with Crippen molar-refractivity contribution in [2.24, 2.45) is 0 Å². The number of carbonyl (C=O) groups excluding carboxylic acids is 1. The number of anilines is 3. The fraction of sp³-hybridized carbons (Fsp3) is 0.190. The SMILES string of the molecule is O=C(Nc1ccc(Oc2ccnc(NCCCO)n2)cc1)Nc1cc(C(F)(F)F)ccc1Cl. The third kappa shape index (κ3) is 7.22. The second kappa shape index (κ2) is 10.8. The van der Waals surface area contributed by atoms with Crippen LogP contribution in [0.4, 0.5) is 35.3 Å². The number of hydrogen-bond donors (Lipinski definition) is 4. The highest BCUT2D eigenvalue weighted by Gasteiger charge is 2.31. The maximum atomic E-state index is 12.9. The minimum atomic E-state index is -4.56. The lowest BCUT2D eigenvalue weighted by Gasteiger charge is -2.12. The Hall–Kier alpha value is -3.57.